The second kappa shape index (κ2) is 9.30. The van der Waals surface area contributed by atoms with E-state index in [9.17, 15) is 4.79 Å². The van der Waals surface area contributed by atoms with E-state index in [-0.39, 0.29) is 5.91 Å². The number of carbonyl (C=O) groups is 1. The summed E-state index contributed by atoms with van der Waals surface area (Å²) < 4.78 is 0. The molecule has 0 radical (unpaired) electrons. The Morgan fingerprint density at radius 3 is 2.76 bits per heavy atom. The van der Waals surface area contributed by atoms with Gasteiger partial charge in [-0.05, 0) is 56.5 Å². The number of hydrogen-bond acceptors (Lipinski definition) is 4. The van der Waals surface area contributed by atoms with Crippen molar-refractivity contribution in [1.82, 2.24) is 20.1 Å². The van der Waals surface area contributed by atoms with Gasteiger partial charge in [0.05, 0.1) is 6.54 Å². The fraction of sp³-hybridized carbons (Fsp3) is 0.700. The van der Waals surface area contributed by atoms with Crippen molar-refractivity contribution in [2.24, 2.45) is 5.92 Å². The number of likely N-dealkylation sites (N-methyl/N-ethyl adjacent to an activating group) is 1. The molecule has 1 aliphatic heterocycles. The topological polar surface area (TPSA) is 48.5 Å². The molecule has 1 aromatic rings. The van der Waals surface area contributed by atoms with Crippen LogP contribution < -0.4 is 5.32 Å². The third-order valence-electron chi connectivity index (χ3n) is 5.61. The van der Waals surface area contributed by atoms with Crippen LogP contribution in [0.1, 0.15) is 44.1 Å². The van der Waals surface area contributed by atoms with Crippen LogP contribution in [0, 0.1) is 5.92 Å². The van der Waals surface area contributed by atoms with E-state index in [0.717, 1.165) is 25.7 Å². The van der Waals surface area contributed by atoms with Crippen LogP contribution in [0.3, 0.4) is 0 Å². The van der Waals surface area contributed by atoms with Crippen LogP contribution in [-0.4, -0.2) is 60.0 Å². The Hall–Kier alpha value is -1.46. The number of likely N-dealkylation sites (tertiary alicyclic amines) is 1. The van der Waals surface area contributed by atoms with E-state index in [1.54, 1.807) is 12.4 Å². The quantitative estimate of drug-likeness (QED) is 0.824. The summed E-state index contributed by atoms with van der Waals surface area (Å²) in [7, 11) is 1.99. The summed E-state index contributed by atoms with van der Waals surface area (Å²) in [6.45, 7) is 4.42. The van der Waals surface area contributed by atoms with E-state index in [0.29, 0.717) is 12.5 Å². The first-order valence-corrected chi connectivity index (χ1v) is 9.79. The first-order valence-electron chi connectivity index (χ1n) is 9.79. The lowest BCUT2D eigenvalue weighted by molar-refractivity contribution is -0.122. The van der Waals surface area contributed by atoms with Crippen LogP contribution in [-0.2, 0) is 11.3 Å². The third kappa shape index (κ3) is 5.79. The molecule has 1 unspecified atom stereocenters. The second-order valence-corrected chi connectivity index (χ2v) is 7.77. The maximum Gasteiger partial charge on any atom is 0.234 e. The van der Waals surface area contributed by atoms with Crippen molar-refractivity contribution < 1.29 is 4.79 Å². The molecule has 0 aromatic carbocycles. The Morgan fingerprint density at radius 2 is 2.00 bits per heavy atom. The van der Waals surface area contributed by atoms with Crippen molar-refractivity contribution >= 4 is 5.91 Å². The monoisotopic (exact) mass is 344 g/mol. The van der Waals surface area contributed by atoms with Gasteiger partial charge in [-0.25, -0.2) is 0 Å². The van der Waals surface area contributed by atoms with Crippen molar-refractivity contribution in [2.45, 2.75) is 51.1 Å². The highest BCUT2D eigenvalue weighted by atomic mass is 16.2. The summed E-state index contributed by atoms with van der Waals surface area (Å²) in [6.07, 6.45) is 11.8. The van der Waals surface area contributed by atoms with Crippen molar-refractivity contribution in [1.29, 1.82) is 0 Å². The molecular weight excluding hydrogens is 312 g/mol. The van der Waals surface area contributed by atoms with Gasteiger partial charge in [0.2, 0.25) is 5.91 Å². The number of amides is 1. The lowest BCUT2D eigenvalue weighted by atomic mass is 9.94. The minimum absolute atomic E-state index is 0.132. The van der Waals surface area contributed by atoms with Crippen LogP contribution in [0.5, 0.6) is 0 Å². The first-order chi connectivity index (χ1) is 12.2. The van der Waals surface area contributed by atoms with Gasteiger partial charge in [-0.3, -0.25) is 14.7 Å². The number of pyridine rings is 1. The minimum Gasteiger partial charge on any atom is -0.355 e. The highest BCUT2D eigenvalue weighted by molar-refractivity contribution is 5.77. The van der Waals surface area contributed by atoms with Gasteiger partial charge in [-0.2, -0.15) is 0 Å². The Kier molecular flexibility index (Phi) is 6.82. The molecule has 1 saturated heterocycles. The second-order valence-electron chi connectivity index (χ2n) is 7.77. The molecule has 2 heterocycles. The van der Waals surface area contributed by atoms with Gasteiger partial charge < -0.3 is 10.2 Å². The van der Waals surface area contributed by atoms with E-state index >= 15 is 0 Å². The van der Waals surface area contributed by atoms with E-state index in [4.69, 9.17) is 0 Å². The summed E-state index contributed by atoms with van der Waals surface area (Å²) in [4.78, 5) is 21.0. The molecule has 1 amide bonds. The average molecular weight is 345 g/mol. The zero-order valence-electron chi connectivity index (χ0n) is 15.5. The Labute approximate surface area is 151 Å². The largest absolute Gasteiger partial charge is 0.355 e. The van der Waals surface area contributed by atoms with Gasteiger partial charge >= 0.3 is 0 Å². The third-order valence-corrected chi connectivity index (χ3v) is 5.61. The fourth-order valence-electron chi connectivity index (χ4n) is 4.22. The van der Waals surface area contributed by atoms with Gasteiger partial charge in [0.1, 0.15) is 0 Å². The minimum atomic E-state index is 0.132. The molecule has 1 aliphatic carbocycles. The van der Waals surface area contributed by atoms with Crippen LogP contribution in [0.25, 0.3) is 0 Å². The predicted molar refractivity (Wildman–Crippen MR) is 100 cm³/mol. The molecule has 2 fully saturated rings. The predicted octanol–water partition coefficient (Wildman–Crippen LogP) is 2.28. The molecule has 1 atom stereocenters. The summed E-state index contributed by atoms with van der Waals surface area (Å²) in [6, 6.07) is 4.79. The highest BCUT2D eigenvalue weighted by Gasteiger charge is 2.29. The van der Waals surface area contributed by atoms with Crippen LogP contribution >= 0.6 is 0 Å². The number of hydrogen-bond donors (Lipinski definition) is 1. The Morgan fingerprint density at radius 1 is 1.24 bits per heavy atom. The molecule has 25 heavy (non-hydrogen) atoms. The zero-order chi connectivity index (χ0) is 17.5. The van der Waals surface area contributed by atoms with Gasteiger partial charge in [-0.15, -0.1) is 0 Å². The van der Waals surface area contributed by atoms with Crippen LogP contribution in [0.2, 0.25) is 0 Å². The molecule has 5 nitrogen and oxygen atoms in total. The molecule has 0 spiro atoms. The molecular formula is C20H32N4O. The van der Waals surface area contributed by atoms with Crippen molar-refractivity contribution in [2.75, 3.05) is 33.2 Å². The normalized spacial score (nSPS) is 22.4. The summed E-state index contributed by atoms with van der Waals surface area (Å²) in [5, 5.41) is 3.15. The standard InChI is InChI=1S/C20H32N4O/c1-23(14-17-7-10-21-11-8-17)16-20(25)22-13-18-9-12-24(15-18)19-5-3-2-4-6-19/h7-8,10-11,18-19H,2-6,9,12-16H2,1H3,(H,22,25). The van der Waals surface area contributed by atoms with E-state index in [1.807, 2.05) is 24.1 Å². The van der Waals surface area contributed by atoms with Gasteiger partial charge in [0.25, 0.3) is 0 Å². The molecule has 1 aromatic heterocycles. The SMILES string of the molecule is CN(CC(=O)NCC1CCN(C2CCCCC2)C1)Cc1ccncc1. The maximum absolute atomic E-state index is 12.2. The van der Waals surface area contributed by atoms with Crippen LogP contribution in [0.15, 0.2) is 24.5 Å². The molecule has 138 valence electrons. The van der Waals surface area contributed by atoms with Gasteiger partial charge in [0.15, 0.2) is 0 Å². The van der Waals surface area contributed by atoms with Crippen molar-refractivity contribution in [3.63, 3.8) is 0 Å². The van der Waals surface area contributed by atoms with Gasteiger partial charge in [0, 0.05) is 38.1 Å². The Balaban J connectivity index is 1.33. The molecule has 1 N–H and O–H groups in total. The van der Waals surface area contributed by atoms with E-state index in [2.05, 4.69) is 15.2 Å². The maximum atomic E-state index is 12.2. The number of nitrogens with one attached hydrogen (secondary N) is 1. The average Bonchev–Trinajstić information content (AvgIpc) is 3.10. The van der Waals surface area contributed by atoms with Crippen LogP contribution in [0.4, 0.5) is 0 Å². The van der Waals surface area contributed by atoms with Gasteiger partial charge in [-0.1, -0.05) is 19.3 Å². The molecule has 2 aliphatic rings. The smallest absolute Gasteiger partial charge is 0.234 e. The van der Waals surface area contributed by atoms with E-state index < -0.39 is 0 Å². The Bertz CT molecular complexity index is 530. The lowest BCUT2D eigenvalue weighted by Gasteiger charge is -2.31. The highest BCUT2D eigenvalue weighted by Crippen LogP contribution is 2.27. The molecule has 3 rings (SSSR count). The number of rotatable bonds is 7. The zero-order valence-corrected chi connectivity index (χ0v) is 15.5. The molecule has 5 heteroatoms. The van der Waals surface area contributed by atoms with Crippen molar-refractivity contribution in [3.8, 4) is 0 Å². The molecule has 0 bridgehead atoms. The number of carbonyl (C=O) groups excluding carboxylic acids is 1. The summed E-state index contributed by atoms with van der Waals surface area (Å²) in [5.41, 5.74) is 1.18. The summed E-state index contributed by atoms with van der Waals surface area (Å²) >= 11 is 0. The lowest BCUT2D eigenvalue weighted by Crippen LogP contribution is -2.39. The number of nitrogens with zero attached hydrogens (tertiary/aromatic N) is 3. The van der Waals surface area contributed by atoms with E-state index in [1.165, 1.54) is 50.6 Å². The first kappa shape index (κ1) is 18.3. The fourth-order valence-corrected chi connectivity index (χ4v) is 4.22. The van der Waals surface area contributed by atoms with Crippen molar-refractivity contribution in [3.05, 3.63) is 30.1 Å². The summed E-state index contributed by atoms with van der Waals surface area (Å²) in [5.74, 6) is 0.754. The molecule has 1 saturated carbocycles. The number of aromatic nitrogens is 1.